The van der Waals surface area contributed by atoms with E-state index in [0.29, 0.717) is 6.42 Å². The number of hydrogen-bond donors (Lipinski definition) is 0. The second-order valence-corrected chi connectivity index (χ2v) is 11.5. The maximum atomic E-state index is 12.7. The summed E-state index contributed by atoms with van der Waals surface area (Å²) in [4.78, 5) is 25.5. The van der Waals surface area contributed by atoms with Gasteiger partial charge in [-0.3, -0.25) is 9.59 Å². The molecule has 0 spiro atoms. The Bertz CT molecular complexity index is 870. The smallest absolute Gasteiger partial charge is 0.323 e. The maximum absolute atomic E-state index is 12.7. The Labute approximate surface area is 185 Å². The molecule has 164 valence electrons. The van der Waals surface area contributed by atoms with Gasteiger partial charge in [0.05, 0.1) is 20.3 Å². The fourth-order valence-corrected chi connectivity index (χ4v) is 7.73. The van der Waals surface area contributed by atoms with Crippen LogP contribution in [0.15, 0.2) is 72.8 Å². The van der Waals surface area contributed by atoms with E-state index in [1.54, 1.807) is 0 Å². The van der Waals surface area contributed by atoms with Gasteiger partial charge in [-0.15, -0.1) is 0 Å². The van der Waals surface area contributed by atoms with Gasteiger partial charge in [-0.25, -0.2) is 0 Å². The van der Waals surface area contributed by atoms with Crippen LogP contribution >= 0.6 is 0 Å². The number of rotatable bonds is 7. The van der Waals surface area contributed by atoms with E-state index in [1.807, 2.05) is 55.5 Å². The molecular weight excluding hydrogens is 408 g/mol. The van der Waals surface area contributed by atoms with Crippen molar-refractivity contribution in [3.8, 4) is 0 Å². The molecule has 0 aromatic heterocycles. The number of carbonyl (C=O) groups excluding carboxylic acids is 2. The highest BCUT2D eigenvalue weighted by Crippen LogP contribution is 2.46. The molecule has 3 rings (SSSR count). The molecule has 1 aliphatic carbocycles. The molecule has 0 heterocycles. The predicted molar refractivity (Wildman–Crippen MR) is 123 cm³/mol. The van der Waals surface area contributed by atoms with Crippen LogP contribution in [0.4, 0.5) is 0 Å². The number of ether oxygens (including phenoxy) is 2. The molecule has 0 saturated heterocycles. The van der Waals surface area contributed by atoms with Crippen LogP contribution in [-0.2, 0) is 23.5 Å². The van der Waals surface area contributed by atoms with Crippen molar-refractivity contribution in [3.63, 3.8) is 0 Å². The minimum Gasteiger partial charge on any atom is -0.468 e. The van der Waals surface area contributed by atoms with Crippen LogP contribution in [-0.4, -0.2) is 40.6 Å². The van der Waals surface area contributed by atoms with Crippen molar-refractivity contribution in [2.24, 2.45) is 11.3 Å². The summed E-state index contributed by atoms with van der Waals surface area (Å²) in [6.45, 7) is 4.10. The van der Waals surface area contributed by atoms with E-state index in [4.69, 9.17) is 13.9 Å². The Balaban J connectivity index is 2.05. The fourth-order valence-electron chi connectivity index (χ4n) is 4.61. The van der Waals surface area contributed by atoms with Gasteiger partial charge in [0.15, 0.2) is 5.41 Å². The lowest BCUT2D eigenvalue weighted by Gasteiger charge is -2.34. The lowest BCUT2D eigenvalue weighted by Crippen LogP contribution is -2.60. The Morgan fingerprint density at radius 2 is 1.39 bits per heavy atom. The van der Waals surface area contributed by atoms with E-state index in [-0.39, 0.29) is 18.4 Å². The SMILES string of the molecule is C/C=C/[C@@H]1CC(C(=O)OC)(C(=O)OC)C[C@H]1O[Si](C)(c1ccccc1)c1ccccc1. The number of benzene rings is 2. The molecule has 0 unspecified atom stereocenters. The molecule has 6 heteroatoms. The van der Waals surface area contributed by atoms with E-state index >= 15 is 0 Å². The number of methoxy groups -OCH3 is 2. The van der Waals surface area contributed by atoms with Gasteiger partial charge in [-0.1, -0.05) is 72.8 Å². The number of allylic oxidation sites excluding steroid dienone is 1. The standard InChI is InChI=1S/C25H30O5Si/c1-5-12-19-17-25(23(26)28-2,24(27)29-3)18-22(19)30-31(4,20-13-8-6-9-14-20)21-15-10-7-11-16-21/h5-16,19,22H,17-18H2,1-4H3/b12-5+/t19-,22-/m1/s1. The summed E-state index contributed by atoms with van der Waals surface area (Å²) in [7, 11) is -0.0196. The van der Waals surface area contributed by atoms with Crippen LogP contribution in [0.3, 0.4) is 0 Å². The van der Waals surface area contributed by atoms with Crippen LogP contribution in [0.5, 0.6) is 0 Å². The average Bonchev–Trinajstić information content (AvgIpc) is 3.18. The highest BCUT2D eigenvalue weighted by Gasteiger charge is 2.58. The summed E-state index contributed by atoms with van der Waals surface area (Å²) < 4.78 is 17.0. The van der Waals surface area contributed by atoms with E-state index in [0.717, 1.165) is 10.4 Å². The van der Waals surface area contributed by atoms with Crippen LogP contribution in [0, 0.1) is 11.3 Å². The van der Waals surface area contributed by atoms with Crippen LogP contribution < -0.4 is 10.4 Å². The van der Waals surface area contributed by atoms with Gasteiger partial charge >= 0.3 is 11.9 Å². The van der Waals surface area contributed by atoms with E-state index in [2.05, 4.69) is 30.8 Å². The van der Waals surface area contributed by atoms with Gasteiger partial charge in [-0.05, 0) is 36.7 Å². The van der Waals surface area contributed by atoms with Crippen molar-refractivity contribution in [2.75, 3.05) is 14.2 Å². The summed E-state index contributed by atoms with van der Waals surface area (Å²) >= 11 is 0. The van der Waals surface area contributed by atoms with Crippen molar-refractivity contribution < 1.29 is 23.5 Å². The first-order valence-corrected chi connectivity index (χ1v) is 12.9. The normalized spacial score (nSPS) is 20.5. The van der Waals surface area contributed by atoms with E-state index in [9.17, 15) is 9.59 Å². The molecule has 2 aromatic carbocycles. The summed E-state index contributed by atoms with van der Waals surface area (Å²) in [5.41, 5.74) is -1.36. The van der Waals surface area contributed by atoms with Crippen molar-refractivity contribution >= 4 is 30.6 Å². The molecule has 0 N–H and O–H groups in total. The topological polar surface area (TPSA) is 61.8 Å². The first-order chi connectivity index (χ1) is 14.9. The Morgan fingerprint density at radius 3 is 1.81 bits per heavy atom. The van der Waals surface area contributed by atoms with Crippen LogP contribution in [0.1, 0.15) is 19.8 Å². The first-order valence-electron chi connectivity index (χ1n) is 10.5. The second kappa shape index (κ2) is 9.62. The maximum Gasteiger partial charge on any atom is 0.323 e. The molecule has 0 radical (unpaired) electrons. The molecule has 5 nitrogen and oxygen atoms in total. The second-order valence-electron chi connectivity index (χ2n) is 8.08. The largest absolute Gasteiger partial charge is 0.468 e. The summed E-state index contributed by atoms with van der Waals surface area (Å²) in [6.07, 6.45) is 4.16. The lowest BCUT2D eigenvalue weighted by molar-refractivity contribution is -0.169. The van der Waals surface area contributed by atoms with E-state index in [1.165, 1.54) is 14.2 Å². The highest BCUT2D eigenvalue weighted by atomic mass is 28.4. The van der Waals surface area contributed by atoms with Crippen molar-refractivity contribution in [2.45, 2.75) is 32.4 Å². The molecule has 1 fully saturated rings. The van der Waals surface area contributed by atoms with Gasteiger partial charge in [0, 0.05) is 5.92 Å². The Kier molecular flexibility index (Phi) is 7.13. The molecule has 0 aliphatic heterocycles. The third kappa shape index (κ3) is 4.36. The van der Waals surface area contributed by atoms with Gasteiger partial charge < -0.3 is 13.9 Å². The molecular formula is C25H30O5Si. The third-order valence-corrected chi connectivity index (χ3v) is 9.88. The zero-order chi connectivity index (χ0) is 22.5. The Morgan fingerprint density at radius 1 is 0.903 bits per heavy atom. The fraction of sp³-hybridized carbons (Fsp3) is 0.360. The molecule has 0 bridgehead atoms. The van der Waals surface area contributed by atoms with Crippen LogP contribution in [0.2, 0.25) is 6.55 Å². The molecule has 1 saturated carbocycles. The van der Waals surface area contributed by atoms with Crippen molar-refractivity contribution in [1.82, 2.24) is 0 Å². The number of hydrogen-bond acceptors (Lipinski definition) is 5. The minimum atomic E-state index is -2.63. The summed E-state index contributed by atoms with van der Waals surface area (Å²) in [5.74, 6) is -1.24. The van der Waals surface area contributed by atoms with Gasteiger partial charge in [0.2, 0.25) is 0 Å². The third-order valence-electron chi connectivity index (χ3n) is 6.24. The van der Waals surface area contributed by atoms with E-state index < -0.39 is 25.7 Å². The highest BCUT2D eigenvalue weighted by molar-refractivity contribution is 6.96. The van der Waals surface area contributed by atoms with Gasteiger partial charge in [0.1, 0.15) is 0 Å². The number of carbonyl (C=O) groups is 2. The zero-order valence-electron chi connectivity index (χ0n) is 18.5. The first kappa shape index (κ1) is 23.0. The lowest BCUT2D eigenvalue weighted by atomic mass is 9.85. The predicted octanol–water partition coefficient (Wildman–Crippen LogP) is 3.08. The molecule has 0 amide bonds. The van der Waals surface area contributed by atoms with Gasteiger partial charge in [0.25, 0.3) is 8.32 Å². The zero-order valence-corrected chi connectivity index (χ0v) is 19.5. The quantitative estimate of drug-likeness (QED) is 0.288. The minimum absolute atomic E-state index is 0.109. The molecule has 2 atom stereocenters. The van der Waals surface area contributed by atoms with Crippen molar-refractivity contribution in [3.05, 3.63) is 72.8 Å². The molecule has 31 heavy (non-hydrogen) atoms. The molecule has 1 aliphatic rings. The summed E-state index contributed by atoms with van der Waals surface area (Å²) in [5, 5.41) is 2.27. The molecule has 2 aromatic rings. The van der Waals surface area contributed by atoms with Crippen LogP contribution in [0.25, 0.3) is 0 Å². The number of esters is 2. The van der Waals surface area contributed by atoms with Gasteiger partial charge in [-0.2, -0.15) is 0 Å². The average molecular weight is 439 g/mol. The van der Waals surface area contributed by atoms with Crippen molar-refractivity contribution in [1.29, 1.82) is 0 Å². The monoisotopic (exact) mass is 438 g/mol. The summed E-state index contributed by atoms with van der Waals surface area (Å²) in [6, 6.07) is 20.4. The Hall–Kier alpha value is -2.70.